The van der Waals surface area contributed by atoms with Gasteiger partial charge in [0.15, 0.2) is 0 Å². The van der Waals surface area contributed by atoms with Gasteiger partial charge in [0.05, 0.1) is 24.4 Å². The number of esters is 1. The molecule has 6 nitrogen and oxygen atoms in total. The Labute approximate surface area is 128 Å². The van der Waals surface area contributed by atoms with Crippen molar-refractivity contribution in [2.75, 3.05) is 7.11 Å². The van der Waals surface area contributed by atoms with Gasteiger partial charge in [-0.15, -0.1) is 0 Å². The third kappa shape index (κ3) is 3.00. The second kappa shape index (κ2) is 6.43. The Morgan fingerprint density at radius 2 is 2.05 bits per heavy atom. The molecule has 0 bridgehead atoms. The molecule has 0 fully saturated rings. The maximum atomic E-state index is 12.4. The van der Waals surface area contributed by atoms with Crippen molar-refractivity contribution in [3.8, 4) is 0 Å². The van der Waals surface area contributed by atoms with Crippen LogP contribution < -0.4 is 5.32 Å². The molecule has 0 saturated carbocycles. The summed E-state index contributed by atoms with van der Waals surface area (Å²) >= 11 is 0. The first-order valence-corrected chi connectivity index (χ1v) is 6.95. The lowest BCUT2D eigenvalue weighted by Crippen LogP contribution is -2.28. The average Bonchev–Trinajstić information content (AvgIpc) is 2.82. The molecule has 0 radical (unpaired) electrons. The lowest BCUT2D eigenvalue weighted by Gasteiger charge is -2.13. The Hall–Kier alpha value is -2.63. The number of amides is 1. The summed E-state index contributed by atoms with van der Waals surface area (Å²) in [5, 5.41) is 2.87. The van der Waals surface area contributed by atoms with Gasteiger partial charge in [0.2, 0.25) is 0 Å². The molecule has 6 heteroatoms. The Balaban J connectivity index is 2.22. The van der Waals surface area contributed by atoms with E-state index < -0.39 is 5.97 Å². The number of aromatic nitrogens is 2. The van der Waals surface area contributed by atoms with E-state index in [0.29, 0.717) is 22.5 Å². The Morgan fingerprint density at radius 3 is 2.64 bits per heavy atom. The maximum absolute atomic E-state index is 12.4. The molecule has 0 unspecified atom stereocenters. The molecule has 0 saturated heterocycles. The molecule has 116 valence electrons. The van der Waals surface area contributed by atoms with Gasteiger partial charge in [0, 0.05) is 11.9 Å². The number of rotatable bonds is 4. The molecule has 0 aliphatic carbocycles. The number of methoxy groups -OCH3 is 1. The largest absolute Gasteiger partial charge is 0.465 e. The summed E-state index contributed by atoms with van der Waals surface area (Å²) in [7, 11) is 1.32. The van der Waals surface area contributed by atoms with Gasteiger partial charge < -0.3 is 15.0 Å². The zero-order valence-corrected chi connectivity index (χ0v) is 13.1. The minimum Gasteiger partial charge on any atom is -0.465 e. The standard InChI is InChI=1S/C16H19N3O3/c1-9-13(16(21)22-4)11(3)18-14(9)15(20)19-10(2)12-7-5-6-8-17-12/h5-8,10,18H,1-4H3,(H,19,20)/t10-/m1/s1. The molecule has 2 aromatic rings. The topological polar surface area (TPSA) is 84.1 Å². The predicted molar refractivity (Wildman–Crippen MR) is 81.7 cm³/mol. The Bertz CT molecular complexity index is 692. The molecule has 2 heterocycles. The number of hydrogen-bond donors (Lipinski definition) is 2. The van der Waals surface area contributed by atoms with E-state index in [-0.39, 0.29) is 11.9 Å². The van der Waals surface area contributed by atoms with Crippen molar-refractivity contribution >= 4 is 11.9 Å². The van der Waals surface area contributed by atoms with Crippen LogP contribution in [0.4, 0.5) is 0 Å². The molecule has 2 N–H and O–H groups in total. The summed E-state index contributed by atoms with van der Waals surface area (Å²) in [5.41, 5.74) is 2.72. The first kappa shape index (κ1) is 15.8. The second-order valence-corrected chi connectivity index (χ2v) is 5.07. The molecular formula is C16H19N3O3. The summed E-state index contributed by atoms with van der Waals surface area (Å²) in [4.78, 5) is 31.3. The van der Waals surface area contributed by atoms with E-state index in [0.717, 1.165) is 5.69 Å². The maximum Gasteiger partial charge on any atom is 0.339 e. The van der Waals surface area contributed by atoms with Crippen molar-refractivity contribution in [2.45, 2.75) is 26.8 Å². The number of aryl methyl sites for hydroxylation is 1. The first-order chi connectivity index (χ1) is 10.5. The third-order valence-corrected chi connectivity index (χ3v) is 3.53. The fourth-order valence-corrected chi connectivity index (χ4v) is 2.36. The second-order valence-electron chi connectivity index (χ2n) is 5.07. The molecular weight excluding hydrogens is 282 g/mol. The van der Waals surface area contributed by atoms with Gasteiger partial charge in [-0.25, -0.2) is 4.79 Å². The average molecular weight is 301 g/mol. The molecule has 0 aliphatic rings. The van der Waals surface area contributed by atoms with Crippen LogP contribution in [0, 0.1) is 13.8 Å². The Morgan fingerprint density at radius 1 is 1.32 bits per heavy atom. The van der Waals surface area contributed by atoms with Crippen LogP contribution in [-0.2, 0) is 4.74 Å². The van der Waals surface area contributed by atoms with Crippen LogP contribution in [0.3, 0.4) is 0 Å². The third-order valence-electron chi connectivity index (χ3n) is 3.53. The minimum atomic E-state index is -0.455. The number of carbonyl (C=O) groups excluding carboxylic acids is 2. The minimum absolute atomic E-state index is 0.238. The van der Waals surface area contributed by atoms with E-state index in [1.54, 1.807) is 20.0 Å². The number of ether oxygens (including phenoxy) is 1. The van der Waals surface area contributed by atoms with Crippen molar-refractivity contribution in [3.05, 3.63) is 52.6 Å². The molecule has 1 atom stereocenters. The van der Waals surface area contributed by atoms with Gasteiger partial charge in [-0.2, -0.15) is 0 Å². The summed E-state index contributed by atoms with van der Waals surface area (Å²) in [6.45, 7) is 5.31. The Kier molecular flexibility index (Phi) is 4.60. The van der Waals surface area contributed by atoms with Crippen LogP contribution in [0.1, 0.15) is 50.8 Å². The highest BCUT2D eigenvalue weighted by atomic mass is 16.5. The van der Waals surface area contributed by atoms with Crippen LogP contribution in [0.25, 0.3) is 0 Å². The summed E-state index contributed by atoms with van der Waals surface area (Å²) in [6, 6.07) is 5.29. The number of hydrogen-bond acceptors (Lipinski definition) is 4. The summed E-state index contributed by atoms with van der Waals surface area (Å²) in [6.07, 6.45) is 1.68. The van der Waals surface area contributed by atoms with Gasteiger partial charge in [0.25, 0.3) is 5.91 Å². The van der Waals surface area contributed by atoms with Crippen LogP contribution in [-0.4, -0.2) is 29.0 Å². The van der Waals surface area contributed by atoms with Crippen molar-refractivity contribution in [3.63, 3.8) is 0 Å². The number of carbonyl (C=O) groups is 2. The number of nitrogens with zero attached hydrogens (tertiary/aromatic N) is 1. The smallest absolute Gasteiger partial charge is 0.339 e. The highest BCUT2D eigenvalue weighted by Crippen LogP contribution is 2.19. The lowest BCUT2D eigenvalue weighted by molar-refractivity contribution is 0.0599. The molecule has 0 aromatic carbocycles. The van der Waals surface area contributed by atoms with E-state index >= 15 is 0 Å². The van der Waals surface area contributed by atoms with Crippen LogP contribution in [0.2, 0.25) is 0 Å². The SMILES string of the molecule is COC(=O)c1c(C)[nH]c(C(=O)N[C@H](C)c2ccccn2)c1C. The molecule has 2 rings (SSSR count). The summed E-state index contributed by atoms with van der Waals surface area (Å²) in [5.74, 6) is -0.739. The van der Waals surface area contributed by atoms with Gasteiger partial charge in [0.1, 0.15) is 5.69 Å². The van der Waals surface area contributed by atoms with Gasteiger partial charge in [-0.1, -0.05) is 6.07 Å². The normalized spacial score (nSPS) is 11.8. The first-order valence-electron chi connectivity index (χ1n) is 6.95. The quantitative estimate of drug-likeness (QED) is 0.849. The predicted octanol–water partition coefficient (Wildman–Crippen LogP) is 2.30. The zero-order chi connectivity index (χ0) is 16.3. The molecule has 2 aromatic heterocycles. The molecule has 1 amide bonds. The number of H-pyrrole nitrogens is 1. The highest BCUT2D eigenvalue weighted by molar-refractivity contribution is 6.00. The van der Waals surface area contributed by atoms with Crippen molar-refractivity contribution < 1.29 is 14.3 Å². The van der Waals surface area contributed by atoms with Crippen LogP contribution >= 0.6 is 0 Å². The molecule has 22 heavy (non-hydrogen) atoms. The molecule has 0 spiro atoms. The lowest BCUT2D eigenvalue weighted by atomic mass is 10.1. The number of pyridine rings is 1. The van der Waals surface area contributed by atoms with Crippen molar-refractivity contribution in [2.24, 2.45) is 0 Å². The van der Waals surface area contributed by atoms with Crippen molar-refractivity contribution in [1.29, 1.82) is 0 Å². The molecule has 0 aliphatic heterocycles. The van der Waals surface area contributed by atoms with Crippen LogP contribution in [0.5, 0.6) is 0 Å². The zero-order valence-electron chi connectivity index (χ0n) is 13.1. The van der Waals surface area contributed by atoms with Gasteiger partial charge in [-0.3, -0.25) is 9.78 Å². The van der Waals surface area contributed by atoms with E-state index in [4.69, 9.17) is 4.74 Å². The van der Waals surface area contributed by atoms with Crippen LogP contribution in [0.15, 0.2) is 24.4 Å². The van der Waals surface area contributed by atoms with E-state index in [1.165, 1.54) is 7.11 Å². The number of nitrogens with one attached hydrogen (secondary N) is 2. The fourth-order valence-electron chi connectivity index (χ4n) is 2.36. The van der Waals surface area contributed by atoms with E-state index in [9.17, 15) is 9.59 Å². The van der Waals surface area contributed by atoms with E-state index in [2.05, 4.69) is 15.3 Å². The summed E-state index contributed by atoms with van der Waals surface area (Å²) < 4.78 is 4.74. The number of aromatic amines is 1. The monoisotopic (exact) mass is 301 g/mol. The fraction of sp³-hybridized carbons (Fsp3) is 0.312. The van der Waals surface area contributed by atoms with E-state index in [1.807, 2.05) is 25.1 Å². The van der Waals surface area contributed by atoms with Gasteiger partial charge in [-0.05, 0) is 38.5 Å². The van der Waals surface area contributed by atoms with Crippen molar-refractivity contribution in [1.82, 2.24) is 15.3 Å². The highest BCUT2D eigenvalue weighted by Gasteiger charge is 2.23. The van der Waals surface area contributed by atoms with Gasteiger partial charge >= 0.3 is 5.97 Å².